The number of rotatable bonds is 4. The minimum Gasteiger partial charge on any atom is -0.370 e. The summed E-state index contributed by atoms with van der Waals surface area (Å²) in [5.41, 5.74) is 2.93. The van der Waals surface area contributed by atoms with Gasteiger partial charge in [-0.25, -0.2) is 0 Å². The molecule has 1 atom stereocenters. The Labute approximate surface area is 144 Å². The topological polar surface area (TPSA) is 28.9 Å². The highest BCUT2D eigenvalue weighted by Crippen LogP contribution is 2.33. The molecule has 1 aromatic rings. The Kier molecular flexibility index (Phi) is 5.86. The van der Waals surface area contributed by atoms with E-state index in [0.717, 1.165) is 44.5 Å². The Morgan fingerprint density at radius 3 is 2.96 bits per heavy atom. The van der Waals surface area contributed by atoms with Gasteiger partial charge in [0.25, 0.3) is 0 Å². The van der Waals surface area contributed by atoms with Crippen molar-refractivity contribution < 1.29 is 9.64 Å². The van der Waals surface area contributed by atoms with Gasteiger partial charge in [0.15, 0.2) is 5.11 Å². The van der Waals surface area contributed by atoms with Crippen LogP contribution >= 0.6 is 12.2 Å². The van der Waals surface area contributed by atoms with E-state index in [-0.39, 0.29) is 0 Å². The molecule has 3 rings (SSSR count). The van der Waals surface area contributed by atoms with Crippen LogP contribution in [0.2, 0.25) is 0 Å². The van der Waals surface area contributed by atoms with Crippen molar-refractivity contribution in [1.82, 2.24) is 10.2 Å². The van der Waals surface area contributed by atoms with Gasteiger partial charge in [-0.15, -0.1) is 0 Å². The Bertz CT molecular complexity index is 531. The fourth-order valence-corrected chi connectivity index (χ4v) is 3.88. The molecule has 0 amide bonds. The molecule has 0 bridgehead atoms. The van der Waals surface area contributed by atoms with Gasteiger partial charge in [-0.1, -0.05) is 24.3 Å². The second-order valence-corrected chi connectivity index (χ2v) is 6.95. The number of hydrogen-bond acceptors (Lipinski definition) is 2. The van der Waals surface area contributed by atoms with E-state index in [1.54, 1.807) is 4.90 Å². The lowest BCUT2D eigenvalue weighted by molar-refractivity contribution is -0.906. The van der Waals surface area contributed by atoms with E-state index in [1.165, 1.54) is 30.4 Å². The van der Waals surface area contributed by atoms with Crippen molar-refractivity contribution >= 4 is 17.3 Å². The molecule has 0 radical (unpaired) electrons. The largest absolute Gasteiger partial charge is 0.370 e. The third-order valence-electron chi connectivity index (χ3n) is 5.08. The quantitative estimate of drug-likeness (QED) is 0.797. The van der Waals surface area contributed by atoms with Gasteiger partial charge in [-0.05, 0) is 42.6 Å². The predicted molar refractivity (Wildman–Crippen MR) is 96.9 cm³/mol. The van der Waals surface area contributed by atoms with E-state index in [1.807, 2.05) is 0 Å². The molecule has 1 aliphatic carbocycles. The van der Waals surface area contributed by atoms with Crippen LogP contribution in [0.1, 0.15) is 30.0 Å². The van der Waals surface area contributed by atoms with Crippen LogP contribution in [-0.4, -0.2) is 56.5 Å². The molecule has 4 nitrogen and oxygen atoms in total. The van der Waals surface area contributed by atoms with Crippen LogP contribution in [0.4, 0.5) is 0 Å². The summed E-state index contributed by atoms with van der Waals surface area (Å²) in [6.07, 6.45) is 3.62. The molecule has 2 N–H and O–H groups in total. The zero-order valence-corrected chi connectivity index (χ0v) is 14.8. The molecule has 1 heterocycles. The van der Waals surface area contributed by atoms with Gasteiger partial charge in [0, 0.05) is 7.05 Å². The highest BCUT2D eigenvalue weighted by molar-refractivity contribution is 7.80. The van der Waals surface area contributed by atoms with E-state index in [9.17, 15) is 0 Å². The number of benzene rings is 1. The van der Waals surface area contributed by atoms with Crippen molar-refractivity contribution in [2.75, 3.05) is 46.4 Å². The summed E-state index contributed by atoms with van der Waals surface area (Å²) >= 11 is 5.63. The van der Waals surface area contributed by atoms with E-state index in [4.69, 9.17) is 17.0 Å². The van der Waals surface area contributed by atoms with E-state index in [0.29, 0.717) is 6.04 Å². The monoisotopic (exact) mass is 334 g/mol. The minimum absolute atomic E-state index is 0.413. The van der Waals surface area contributed by atoms with Crippen LogP contribution in [0, 0.1) is 0 Å². The van der Waals surface area contributed by atoms with E-state index >= 15 is 0 Å². The van der Waals surface area contributed by atoms with Crippen molar-refractivity contribution in [3.05, 3.63) is 35.4 Å². The average Bonchev–Trinajstić information content (AvgIpc) is 2.61. The summed E-state index contributed by atoms with van der Waals surface area (Å²) in [6.45, 7) is 6.04. The van der Waals surface area contributed by atoms with E-state index in [2.05, 4.69) is 41.5 Å². The first-order valence-corrected chi connectivity index (χ1v) is 9.16. The first-order valence-electron chi connectivity index (χ1n) is 8.75. The summed E-state index contributed by atoms with van der Waals surface area (Å²) in [5, 5.41) is 4.33. The molecule has 0 aromatic heterocycles. The normalized spacial score (nSPS) is 21.5. The van der Waals surface area contributed by atoms with Crippen molar-refractivity contribution in [3.8, 4) is 0 Å². The summed E-state index contributed by atoms with van der Waals surface area (Å²) < 4.78 is 5.40. The summed E-state index contributed by atoms with van der Waals surface area (Å²) in [4.78, 5) is 3.86. The third kappa shape index (κ3) is 4.22. The van der Waals surface area contributed by atoms with Crippen molar-refractivity contribution in [2.45, 2.75) is 25.3 Å². The fraction of sp³-hybridized carbons (Fsp3) is 0.611. The minimum atomic E-state index is 0.413. The number of quaternary nitrogens is 1. The van der Waals surface area contributed by atoms with Crippen molar-refractivity contribution in [1.29, 1.82) is 0 Å². The maximum absolute atomic E-state index is 5.63. The van der Waals surface area contributed by atoms with Crippen molar-refractivity contribution in [3.63, 3.8) is 0 Å². The molecule has 23 heavy (non-hydrogen) atoms. The van der Waals surface area contributed by atoms with Gasteiger partial charge in [0.1, 0.15) is 13.1 Å². The van der Waals surface area contributed by atoms with Gasteiger partial charge in [0.2, 0.25) is 0 Å². The molecule has 1 saturated heterocycles. The third-order valence-corrected chi connectivity index (χ3v) is 5.51. The smallest absolute Gasteiger partial charge is 0.169 e. The Balaban J connectivity index is 1.51. The van der Waals surface area contributed by atoms with Gasteiger partial charge in [0.05, 0.1) is 32.3 Å². The van der Waals surface area contributed by atoms with Crippen molar-refractivity contribution in [2.24, 2.45) is 0 Å². The molecule has 0 saturated carbocycles. The summed E-state index contributed by atoms with van der Waals surface area (Å²) in [5.74, 6) is 0. The van der Waals surface area contributed by atoms with Gasteiger partial charge >= 0.3 is 0 Å². The number of hydrogen-bond donors (Lipinski definition) is 2. The number of nitrogens with one attached hydrogen (secondary N) is 2. The number of morpholine rings is 1. The zero-order chi connectivity index (χ0) is 16.1. The number of thiocarbonyl (C=S) groups is 1. The van der Waals surface area contributed by atoms with Crippen LogP contribution in [0.15, 0.2) is 24.3 Å². The summed E-state index contributed by atoms with van der Waals surface area (Å²) in [7, 11) is 2.13. The lowest BCUT2D eigenvalue weighted by Crippen LogP contribution is -3.14. The molecular formula is C18H28N3OS+. The molecule has 1 aliphatic heterocycles. The molecule has 1 fully saturated rings. The van der Waals surface area contributed by atoms with Crippen LogP contribution in [0.5, 0.6) is 0 Å². The molecule has 1 aromatic carbocycles. The Morgan fingerprint density at radius 1 is 1.35 bits per heavy atom. The lowest BCUT2D eigenvalue weighted by atomic mass is 9.87. The van der Waals surface area contributed by atoms with Gasteiger partial charge in [-0.2, -0.15) is 0 Å². The molecular weight excluding hydrogens is 306 g/mol. The number of fused-ring (bicyclic) bond motifs is 1. The standard InChI is InChI=1S/C18H27N3OS/c1-20(17-8-4-6-15-5-2-3-7-16(15)17)18(23)19-9-10-21-11-13-22-14-12-21/h2-3,5,7,17H,4,6,8-14H2,1H3,(H,19,23)/p+1/t17-/m0/s1. The van der Waals surface area contributed by atoms with Crippen LogP contribution in [-0.2, 0) is 11.2 Å². The van der Waals surface area contributed by atoms with Gasteiger partial charge in [-0.3, -0.25) is 0 Å². The molecule has 5 heteroatoms. The number of nitrogens with zero attached hydrogens (tertiary/aromatic N) is 1. The summed E-state index contributed by atoms with van der Waals surface area (Å²) in [6, 6.07) is 9.21. The molecule has 0 spiro atoms. The highest BCUT2D eigenvalue weighted by Gasteiger charge is 2.25. The molecule has 126 valence electrons. The van der Waals surface area contributed by atoms with E-state index < -0.39 is 0 Å². The lowest BCUT2D eigenvalue weighted by Gasteiger charge is -2.35. The predicted octanol–water partition coefficient (Wildman–Crippen LogP) is 0.785. The van der Waals surface area contributed by atoms with Crippen LogP contribution in [0.3, 0.4) is 0 Å². The fourth-order valence-electron chi connectivity index (χ4n) is 3.65. The first kappa shape index (κ1) is 16.7. The maximum atomic E-state index is 5.63. The Morgan fingerprint density at radius 2 is 2.13 bits per heavy atom. The number of aryl methyl sites for hydroxylation is 1. The SMILES string of the molecule is CN(C(=S)NCC[NH+]1CCOCC1)[C@H]1CCCc2ccccc21. The number of ether oxygens (including phenoxy) is 1. The Hall–Kier alpha value is -1.17. The highest BCUT2D eigenvalue weighted by atomic mass is 32.1. The zero-order valence-electron chi connectivity index (χ0n) is 14.0. The maximum Gasteiger partial charge on any atom is 0.169 e. The second-order valence-electron chi connectivity index (χ2n) is 6.56. The van der Waals surface area contributed by atoms with Crippen LogP contribution < -0.4 is 10.2 Å². The second kappa shape index (κ2) is 8.08. The van der Waals surface area contributed by atoms with Crippen LogP contribution in [0.25, 0.3) is 0 Å². The first-order chi connectivity index (χ1) is 11.3. The van der Waals surface area contributed by atoms with Gasteiger partial charge < -0.3 is 19.9 Å². The molecule has 2 aliphatic rings. The molecule has 0 unspecified atom stereocenters. The average molecular weight is 335 g/mol.